The average molecular weight is 441 g/mol. The van der Waals surface area contributed by atoms with Crippen LogP contribution < -0.4 is 9.47 Å². The van der Waals surface area contributed by atoms with Gasteiger partial charge in [0, 0.05) is 18.8 Å². The number of halogens is 1. The molecule has 0 fully saturated rings. The maximum Gasteiger partial charge on any atom is 0.189 e. The first-order chi connectivity index (χ1) is 13.5. The molecule has 1 heterocycles. The molecule has 0 aliphatic carbocycles. The number of rotatable bonds is 7. The standard InChI is InChI=1S/C22H21BrN2O3/c1-15-18(13-25(2)24-15)20(26)10-8-16-9-11-21(27-3)17(12-16)14-28-22-7-5-4-6-19(22)23/h4-13H,14H2,1-3H3/b10-8+. The maximum atomic E-state index is 12.4. The number of aromatic nitrogens is 2. The lowest BCUT2D eigenvalue weighted by molar-refractivity contribution is 0.104. The Hall–Kier alpha value is -2.86. The number of benzene rings is 2. The Morgan fingerprint density at radius 2 is 2.00 bits per heavy atom. The first kappa shape index (κ1) is 19.9. The second-order valence-electron chi connectivity index (χ2n) is 6.29. The highest BCUT2D eigenvalue weighted by molar-refractivity contribution is 9.10. The lowest BCUT2D eigenvalue weighted by atomic mass is 10.1. The Balaban J connectivity index is 1.77. The fourth-order valence-electron chi connectivity index (χ4n) is 2.84. The summed E-state index contributed by atoms with van der Waals surface area (Å²) in [6.45, 7) is 2.18. The quantitative estimate of drug-likeness (QED) is 0.384. The van der Waals surface area contributed by atoms with Crippen molar-refractivity contribution in [1.29, 1.82) is 0 Å². The molecule has 0 amide bonds. The molecule has 3 rings (SSSR count). The predicted octanol–water partition coefficient (Wildman–Crippen LogP) is 4.97. The minimum absolute atomic E-state index is 0.0764. The second-order valence-corrected chi connectivity index (χ2v) is 7.14. The SMILES string of the molecule is COc1ccc(/C=C/C(=O)c2cn(C)nc2C)cc1COc1ccccc1Br. The first-order valence-electron chi connectivity index (χ1n) is 8.75. The van der Waals surface area contributed by atoms with Crippen molar-refractivity contribution in [2.24, 2.45) is 7.05 Å². The molecule has 3 aromatic rings. The molecular formula is C22H21BrN2O3. The number of ether oxygens (including phenoxy) is 2. The molecule has 0 saturated carbocycles. The number of methoxy groups -OCH3 is 1. The Morgan fingerprint density at radius 3 is 2.68 bits per heavy atom. The summed E-state index contributed by atoms with van der Waals surface area (Å²) in [4.78, 5) is 12.4. The van der Waals surface area contributed by atoms with Gasteiger partial charge in [-0.25, -0.2) is 0 Å². The molecule has 28 heavy (non-hydrogen) atoms. The number of allylic oxidation sites excluding steroid dienone is 1. The minimum atomic E-state index is -0.0764. The van der Waals surface area contributed by atoms with E-state index >= 15 is 0 Å². The van der Waals surface area contributed by atoms with Crippen molar-refractivity contribution in [3.63, 3.8) is 0 Å². The predicted molar refractivity (Wildman–Crippen MR) is 113 cm³/mol. The average Bonchev–Trinajstić information content (AvgIpc) is 3.03. The third kappa shape index (κ3) is 4.70. The highest BCUT2D eigenvalue weighted by Gasteiger charge is 2.10. The van der Waals surface area contributed by atoms with E-state index < -0.39 is 0 Å². The molecule has 0 saturated heterocycles. The second kappa shape index (κ2) is 8.89. The van der Waals surface area contributed by atoms with Gasteiger partial charge < -0.3 is 9.47 Å². The number of nitrogens with zero attached hydrogens (tertiary/aromatic N) is 2. The van der Waals surface area contributed by atoms with Crippen molar-refractivity contribution < 1.29 is 14.3 Å². The molecule has 0 aliphatic heterocycles. The molecule has 144 valence electrons. The van der Waals surface area contributed by atoms with E-state index in [9.17, 15) is 4.79 Å². The normalized spacial score (nSPS) is 11.0. The molecular weight excluding hydrogens is 420 g/mol. The summed E-state index contributed by atoms with van der Waals surface area (Å²) in [5, 5.41) is 4.21. The maximum absolute atomic E-state index is 12.4. The van der Waals surface area contributed by atoms with Crippen LogP contribution in [0.2, 0.25) is 0 Å². The highest BCUT2D eigenvalue weighted by atomic mass is 79.9. The molecule has 0 atom stereocenters. The van der Waals surface area contributed by atoms with E-state index in [1.807, 2.05) is 49.4 Å². The van der Waals surface area contributed by atoms with Crippen LogP contribution in [-0.4, -0.2) is 22.7 Å². The molecule has 0 unspecified atom stereocenters. The van der Waals surface area contributed by atoms with E-state index in [1.54, 1.807) is 37.2 Å². The summed E-state index contributed by atoms with van der Waals surface area (Å²) in [6.07, 6.45) is 5.08. The van der Waals surface area contributed by atoms with Crippen LogP contribution in [0.15, 0.2) is 59.2 Å². The molecule has 0 N–H and O–H groups in total. The van der Waals surface area contributed by atoms with Gasteiger partial charge >= 0.3 is 0 Å². The van der Waals surface area contributed by atoms with Gasteiger partial charge in [-0.1, -0.05) is 24.3 Å². The van der Waals surface area contributed by atoms with Gasteiger partial charge in [0.05, 0.1) is 22.8 Å². The van der Waals surface area contributed by atoms with Gasteiger partial charge in [-0.3, -0.25) is 9.48 Å². The molecule has 2 aromatic carbocycles. The van der Waals surface area contributed by atoms with E-state index in [1.165, 1.54) is 0 Å². The van der Waals surface area contributed by atoms with E-state index in [4.69, 9.17) is 9.47 Å². The lowest BCUT2D eigenvalue weighted by Gasteiger charge is -2.12. The van der Waals surface area contributed by atoms with E-state index in [0.717, 1.165) is 32.8 Å². The highest BCUT2D eigenvalue weighted by Crippen LogP contribution is 2.27. The van der Waals surface area contributed by atoms with Gasteiger partial charge in [-0.15, -0.1) is 0 Å². The number of hydrogen-bond acceptors (Lipinski definition) is 4. The van der Waals surface area contributed by atoms with Crippen molar-refractivity contribution >= 4 is 27.8 Å². The van der Waals surface area contributed by atoms with Crippen LogP contribution in [0.4, 0.5) is 0 Å². The van der Waals surface area contributed by atoms with Crippen LogP contribution in [0.5, 0.6) is 11.5 Å². The van der Waals surface area contributed by atoms with E-state index in [-0.39, 0.29) is 5.78 Å². The first-order valence-corrected chi connectivity index (χ1v) is 9.54. The third-order valence-electron chi connectivity index (χ3n) is 4.23. The van der Waals surface area contributed by atoms with Gasteiger partial charge in [0.1, 0.15) is 18.1 Å². The van der Waals surface area contributed by atoms with Crippen LogP contribution in [0, 0.1) is 6.92 Å². The number of carbonyl (C=O) groups excluding carboxylic acids is 1. The molecule has 0 bridgehead atoms. The number of carbonyl (C=O) groups is 1. The molecule has 0 spiro atoms. The van der Waals surface area contributed by atoms with Gasteiger partial charge in [0.25, 0.3) is 0 Å². The topological polar surface area (TPSA) is 53.4 Å². The Labute approximate surface area is 172 Å². The molecule has 5 nitrogen and oxygen atoms in total. The smallest absolute Gasteiger partial charge is 0.189 e. The monoisotopic (exact) mass is 440 g/mol. The van der Waals surface area contributed by atoms with Gasteiger partial charge in [-0.2, -0.15) is 5.10 Å². The summed E-state index contributed by atoms with van der Waals surface area (Å²) in [7, 11) is 3.43. The van der Waals surface area contributed by atoms with E-state index in [0.29, 0.717) is 12.2 Å². The molecule has 0 radical (unpaired) electrons. The summed E-state index contributed by atoms with van der Waals surface area (Å²) in [6, 6.07) is 13.4. The Kier molecular flexibility index (Phi) is 6.31. The molecule has 1 aromatic heterocycles. The zero-order chi connectivity index (χ0) is 20.1. The zero-order valence-corrected chi connectivity index (χ0v) is 17.6. The Bertz CT molecular complexity index is 1020. The number of ketones is 1. The van der Waals surface area contributed by atoms with Crippen molar-refractivity contribution in [3.8, 4) is 11.5 Å². The van der Waals surface area contributed by atoms with Crippen LogP contribution in [0.1, 0.15) is 27.2 Å². The van der Waals surface area contributed by atoms with Crippen LogP contribution in [0.3, 0.4) is 0 Å². The van der Waals surface area contributed by atoms with Gasteiger partial charge in [0.2, 0.25) is 0 Å². The number of hydrogen-bond donors (Lipinski definition) is 0. The minimum Gasteiger partial charge on any atom is -0.496 e. The summed E-state index contributed by atoms with van der Waals surface area (Å²) < 4.78 is 13.9. The number of aryl methyl sites for hydroxylation is 2. The van der Waals surface area contributed by atoms with E-state index in [2.05, 4.69) is 21.0 Å². The van der Waals surface area contributed by atoms with Crippen LogP contribution in [-0.2, 0) is 13.7 Å². The van der Waals surface area contributed by atoms with Crippen LogP contribution >= 0.6 is 15.9 Å². The largest absolute Gasteiger partial charge is 0.496 e. The molecule has 6 heteroatoms. The lowest BCUT2D eigenvalue weighted by Crippen LogP contribution is -2.00. The van der Waals surface area contributed by atoms with Crippen molar-refractivity contribution in [1.82, 2.24) is 9.78 Å². The fraction of sp³-hybridized carbons (Fsp3) is 0.182. The van der Waals surface area contributed by atoms with Crippen molar-refractivity contribution in [2.45, 2.75) is 13.5 Å². The Morgan fingerprint density at radius 1 is 1.21 bits per heavy atom. The zero-order valence-electron chi connectivity index (χ0n) is 16.0. The van der Waals surface area contributed by atoms with Crippen molar-refractivity contribution in [3.05, 3.63) is 81.6 Å². The van der Waals surface area contributed by atoms with Gasteiger partial charge in [-0.05, 0) is 58.8 Å². The van der Waals surface area contributed by atoms with Crippen molar-refractivity contribution in [2.75, 3.05) is 7.11 Å². The summed E-state index contributed by atoms with van der Waals surface area (Å²) >= 11 is 3.48. The third-order valence-corrected chi connectivity index (χ3v) is 4.89. The molecule has 0 aliphatic rings. The number of para-hydroxylation sites is 1. The fourth-order valence-corrected chi connectivity index (χ4v) is 3.23. The van der Waals surface area contributed by atoms with Gasteiger partial charge in [0.15, 0.2) is 5.78 Å². The van der Waals surface area contributed by atoms with Crippen LogP contribution in [0.25, 0.3) is 6.08 Å². The summed E-state index contributed by atoms with van der Waals surface area (Å²) in [5.74, 6) is 1.42. The summed E-state index contributed by atoms with van der Waals surface area (Å²) in [5.41, 5.74) is 3.10.